The zero-order valence-electron chi connectivity index (χ0n) is 74.1. The van der Waals surface area contributed by atoms with Crippen molar-refractivity contribution in [1.82, 2.24) is 9.80 Å². The van der Waals surface area contributed by atoms with Gasteiger partial charge in [-0.15, -0.1) is 0 Å². The van der Waals surface area contributed by atoms with Gasteiger partial charge in [-0.3, -0.25) is 70.3 Å². The molecule has 1 aromatic heterocycles. The van der Waals surface area contributed by atoms with Gasteiger partial charge in [0.05, 0.1) is 40.5 Å². The number of aliphatic hydroxyl groups is 1. The van der Waals surface area contributed by atoms with Crippen molar-refractivity contribution in [3.05, 3.63) is 268 Å². The number of phenols is 1. The summed E-state index contributed by atoms with van der Waals surface area (Å²) in [6.45, 7) is 9.50. The van der Waals surface area contributed by atoms with Gasteiger partial charge in [0.15, 0.2) is 32.4 Å². The number of aromatic hydroxyl groups is 1. The summed E-state index contributed by atoms with van der Waals surface area (Å²) < 4.78 is 141. The Morgan fingerprint density at radius 1 is 0.541 bits per heavy atom. The summed E-state index contributed by atoms with van der Waals surface area (Å²) in [5, 5.41) is 55.6. The van der Waals surface area contributed by atoms with Gasteiger partial charge in [0.25, 0.3) is 5.69 Å². The number of hydrogen-bond donors (Lipinski definition) is 19. The van der Waals surface area contributed by atoms with E-state index < -0.39 is 123 Å². The van der Waals surface area contributed by atoms with Gasteiger partial charge in [-0.2, -0.15) is 0 Å². The predicted octanol–water partition coefficient (Wildman–Crippen LogP) is 10.5. The van der Waals surface area contributed by atoms with Crippen LogP contribution in [-0.4, -0.2) is 221 Å². The smallest absolute Gasteiger partial charge is 0.367 e. The van der Waals surface area contributed by atoms with E-state index in [0.717, 1.165) is 38.2 Å². The van der Waals surface area contributed by atoms with Crippen molar-refractivity contribution in [1.29, 1.82) is 0 Å². The molecular weight excluding hydrogens is 2000 g/mol. The van der Waals surface area contributed by atoms with Crippen LogP contribution >= 0.6 is 92.8 Å². The van der Waals surface area contributed by atoms with Gasteiger partial charge in [0.2, 0.25) is 55.7 Å². The summed E-state index contributed by atoms with van der Waals surface area (Å²) in [5.41, 5.74) is 3.24. The molecule has 0 radical (unpaired) electrons. The minimum atomic E-state index is -5.29. The van der Waals surface area contributed by atoms with Crippen molar-refractivity contribution in [2.45, 2.75) is 44.4 Å². The zero-order valence-corrected chi connectivity index (χ0v) is 84.8. The van der Waals surface area contributed by atoms with E-state index in [1.807, 2.05) is 97.1 Å². The number of rotatable bonds is 37. The van der Waals surface area contributed by atoms with E-state index in [0.29, 0.717) is 71.0 Å². The third-order valence-electron chi connectivity index (χ3n) is 18.2. The van der Waals surface area contributed by atoms with E-state index >= 15 is 0 Å². The first-order chi connectivity index (χ1) is 62.2. The Hall–Kier alpha value is -8.65. The second-order valence-electron chi connectivity index (χ2n) is 30.5. The average Bonchev–Trinajstić information content (AvgIpc) is 0.781. The van der Waals surface area contributed by atoms with E-state index in [1.165, 1.54) is 118 Å². The van der Waals surface area contributed by atoms with Gasteiger partial charge >= 0.3 is 39.9 Å². The van der Waals surface area contributed by atoms with Gasteiger partial charge in [0.1, 0.15) is 30.0 Å². The number of non-ortho nitro benzene ring substituents is 1. The molecule has 0 aliphatic rings. The second-order valence-corrected chi connectivity index (χ2v) is 56.0. The number of nitrogens with zero attached hydrogens (tertiary/aromatic N) is 4. The maximum absolute atomic E-state index is 14.7. The Balaban J connectivity index is 0.000000342. The molecule has 1 heterocycles. The van der Waals surface area contributed by atoms with Crippen LogP contribution in [0.3, 0.4) is 0 Å². The standard InChI is InChI=1S/C26H24O4P2.C16H21NO5P2.C14H19N3O8P2S.C8H9O4P.C8H11O4P.C6H15NO7P2.C4H10NO3P/c1-31(27,28)26-19-11-9-17-24(26)30-20-21-12-8-10-18-25(21)32(29,22-13-4-2-5-14-22)23-15-6-3-7-16-23;1-23(18,19)15-10-4-2-7-13(15)8-6-12-17-14-9-3-5-11-16(14)24(20,21)22;1-10-9-28-13(15-11-3-5-12(6-4-11)17(19)20)16(10)8-7-14(18,26(2,21)22)27(23,24)25;1-13(11,12)7-4-2-6(3-5-7)8(9)10;1-13(10,11)6-12-8-5-3-2-4-7(8)9;1-15(10,11)3-2-7(4-6(8)9)5-16(12,13)14;1-5(3-6)4-9(2,7)8/h2-19H,20H2,1H3,(H,27,28);2-5,7,9-11,17H,6,8,12H2,1H3,(H,18,19)(H2,20,21,22);3-6,9,18H,7-8H2,1-2H3,(H3,21,22,23,24,25);2-5H,1H3,(H,9,10)(H,11,12);2-5,9H,6H2,1H3,(H,10,11);2-5H2,1H3,(H,8,9)(H,10,11)(H2,12,13,14);3H,4H2,1-2H3,(H,7,8)/p+1. The highest BCUT2D eigenvalue weighted by molar-refractivity contribution is 7.85. The Kier molecular flexibility index (Phi) is 46.0. The number of carbonyl (C=O) groups is 3. The van der Waals surface area contributed by atoms with Crippen LogP contribution in [-0.2, 0) is 79.4 Å². The number of nitrogens with one attached hydrogen (secondary N) is 2. The molecule has 0 bridgehead atoms. The van der Waals surface area contributed by atoms with Gasteiger partial charge in [0, 0.05) is 135 Å². The number of ether oxygens (including phenoxy) is 2. The Labute approximate surface area is 782 Å². The number of para-hydroxylation sites is 4. The molecule has 135 heavy (non-hydrogen) atoms. The molecule has 41 nitrogen and oxygen atoms in total. The van der Waals surface area contributed by atoms with Crippen LogP contribution in [0.2, 0.25) is 0 Å². The van der Waals surface area contributed by atoms with Crippen LogP contribution in [0.15, 0.2) is 236 Å². The first-order valence-electron chi connectivity index (χ1n) is 39.5. The highest BCUT2D eigenvalue weighted by atomic mass is 32.1. The fourth-order valence-corrected chi connectivity index (χ4v) is 24.6. The number of amides is 1. The predicted molar refractivity (Wildman–Crippen MR) is 521 cm³/mol. The van der Waals surface area contributed by atoms with Gasteiger partial charge in [-0.05, 0) is 104 Å². The zero-order chi connectivity index (χ0) is 102. The second kappa shape index (κ2) is 52.4. The molecule has 53 heteroatoms. The number of aromatic nitrogens is 1. The van der Waals surface area contributed by atoms with Crippen LogP contribution in [0.4, 0.5) is 22.2 Å². The molecular formula is C82H110N6O35P11S+. The fourth-order valence-electron chi connectivity index (χ4n) is 11.8. The molecule has 9 aromatic carbocycles. The molecule has 1 amide bonds. The number of nitro groups is 1. The van der Waals surface area contributed by atoms with E-state index in [-0.39, 0.29) is 77.2 Å². The molecule has 0 aliphatic carbocycles. The Morgan fingerprint density at radius 2 is 1.02 bits per heavy atom. The summed E-state index contributed by atoms with van der Waals surface area (Å²) in [6, 6.07) is 63.8. The van der Waals surface area contributed by atoms with Crippen LogP contribution in [0.5, 0.6) is 17.2 Å². The minimum Gasteiger partial charge on any atom is -0.504 e. The molecule has 19 N–H and O–H groups in total. The van der Waals surface area contributed by atoms with E-state index in [1.54, 1.807) is 83.6 Å². The van der Waals surface area contributed by atoms with Crippen LogP contribution in [0, 0.1) is 17.0 Å². The largest absolute Gasteiger partial charge is 0.504 e. The number of aliphatic carboxylic acids is 1. The first-order valence-corrected chi connectivity index (χ1v) is 62.4. The summed E-state index contributed by atoms with van der Waals surface area (Å²) in [5.74, 6) is -1.76. The maximum Gasteiger partial charge on any atom is 0.367 e. The number of aryl methyl sites for hydroxylation is 2. The van der Waals surface area contributed by atoms with E-state index in [2.05, 4.69) is 10.6 Å². The molecule has 0 aliphatic heterocycles. The minimum absolute atomic E-state index is 0.0289. The number of anilines is 3. The third kappa shape index (κ3) is 41.9. The molecule has 0 saturated heterocycles. The van der Waals surface area contributed by atoms with Crippen LogP contribution in [0.1, 0.15) is 40.0 Å². The quantitative estimate of drug-likeness (QED) is 0.00429. The van der Waals surface area contributed by atoms with E-state index in [9.17, 15) is 119 Å². The third-order valence-corrected chi connectivity index (χ3v) is 35.2. The van der Waals surface area contributed by atoms with E-state index in [4.69, 9.17) is 49.0 Å². The first kappa shape index (κ1) is 119. The molecule has 0 fully saturated rings. The summed E-state index contributed by atoms with van der Waals surface area (Å²) >= 11 is 1.26. The highest BCUT2D eigenvalue weighted by Crippen LogP contribution is 2.69. The van der Waals surface area contributed by atoms with Gasteiger partial charge < -0.3 is 108 Å². The van der Waals surface area contributed by atoms with Crippen LogP contribution < -0.4 is 61.8 Å². The van der Waals surface area contributed by atoms with Crippen molar-refractivity contribution in [2.24, 2.45) is 0 Å². The molecule has 8 unspecified atom stereocenters. The molecule has 10 rings (SSSR count). The lowest BCUT2D eigenvalue weighted by molar-refractivity contribution is -0.686. The Morgan fingerprint density at radius 3 is 1.47 bits per heavy atom. The van der Waals surface area contributed by atoms with Crippen molar-refractivity contribution in [3.8, 4) is 17.2 Å². The molecule has 0 spiro atoms. The molecule has 0 saturated carbocycles. The Bertz CT molecular complexity index is 6040. The normalized spacial score (nSPS) is 14.9. The lowest BCUT2D eigenvalue weighted by Crippen LogP contribution is -2.41. The fraction of sp³-hybridized carbons (Fsp3) is 0.268. The van der Waals surface area contributed by atoms with Crippen molar-refractivity contribution in [2.75, 3.05) is 109 Å². The number of thiazole rings is 1. The van der Waals surface area contributed by atoms with Crippen molar-refractivity contribution >= 4 is 171 Å². The van der Waals surface area contributed by atoms with Gasteiger partial charge in [-0.1, -0.05) is 151 Å². The number of carboxylic acids is 2. The number of hydrogen-bond acceptors (Lipinski definition) is 24. The summed E-state index contributed by atoms with van der Waals surface area (Å²) in [6.07, 6.45) is -0.183. The SMILES string of the molecule is CN(C=O)CP(C)(=O)O.CP(=O)(O)CCN(CC(=O)O)CP(=O)(O)O.CP(=O)(O)COc1ccccc1O.CP(=O)(O)c1ccc(C(=O)O)cc1.CP(=O)(O)c1ccccc1CCCNc1ccccc1P(=O)(O)O.CP(=O)(O)c1ccccc1OCc1ccccc1P(=O)(c1ccccc1)c1ccccc1.Cc1csc(Nc2ccc([N+](=O)[O-])cc2)[n+]1CCC(O)(P(C)(=O)O)P(=O)(O)O. The maximum atomic E-state index is 14.7. The number of carboxylic acid groups (broad SMARTS) is 2. The van der Waals surface area contributed by atoms with Crippen molar-refractivity contribution < 1.29 is 168 Å². The average molecular weight is 2110 g/mol. The molecule has 8 atom stereocenters. The lowest BCUT2D eigenvalue weighted by atomic mass is 10.1. The number of carbonyl (C=O) groups excluding carboxylic acids is 1. The molecule has 10 aromatic rings. The van der Waals surface area contributed by atoms with Crippen LogP contribution in [0.25, 0.3) is 0 Å². The topological polar surface area (TPSA) is 679 Å². The number of phenolic OH excluding ortho intramolecular Hbond substituents is 1. The van der Waals surface area contributed by atoms with Gasteiger partial charge in [-0.25, -0.2) is 14.7 Å². The monoisotopic (exact) mass is 2110 g/mol. The lowest BCUT2D eigenvalue weighted by Gasteiger charge is -2.30. The summed E-state index contributed by atoms with van der Waals surface area (Å²) in [4.78, 5) is 163. The number of nitro benzene ring substituents is 1. The molecule has 738 valence electrons. The highest BCUT2D eigenvalue weighted by Gasteiger charge is 2.57. The summed E-state index contributed by atoms with van der Waals surface area (Å²) in [7, 11) is -39.8. The van der Waals surface area contributed by atoms with Crippen molar-refractivity contribution in [3.63, 3.8) is 0 Å². The number of benzene rings is 9. The number of aromatic carboxylic acids is 1.